The second-order valence-electron chi connectivity index (χ2n) is 5.99. The van der Waals surface area contributed by atoms with Gasteiger partial charge in [-0.05, 0) is 66.8 Å². The van der Waals surface area contributed by atoms with Gasteiger partial charge in [0, 0.05) is 28.8 Å². The smallest absolute Gasteiger partial charge is 0.0761 e. The Morgan fingerprint density at radius 2 is 2.05 bits per heavy atom. The predicted molar refractivity (Wildman–Crippen MR) is 85.8 cm³/mol. The van der Waals surface area contributed by atoms with Gasteiger partial charge in [0.15, 0.2) is 0 Å². The van der Waals surface area contributed by atoms with Gasteiger partial charge in [-0.3, -0.25) is 9.88 Å². The van der Waals surface area contributed by atoms with Gasteiger partial charge in [0.2, 0.25) is 0 Å². The molecule has 2 rings (SSSR count). The first-order valence-electron chi connectivity index (χ1n) is 7.59. The Kier molecular flexibility index (Phi) is 5.58. The van der Waals surface area contributed by atoms with Crippen molar-refractivity contribution in [2.45, 2.75) is 57.6 Å². The van der Waals surface area contributed by atoms with Crippen molar-refractivity contribution in [1.29, 1.82) is 0 Å². The zero-order valence-corrected chi connectivity index (χ0v) is 14.1. The highest BCUT2D eigenvalue weighted by Crippen LogP contribution is 2.29. The standard InChI is InChI=1S/C16H25BrN2O/c1-3-16(2,19-7-5-4-6-8-19)15(20)10-13-9-14(17)12-18-11-13/h9,11-12,15,20H,3-8,10H2,1-2H3. The molecule has 3 nitrogen and oxygen atoms in total. The van der Waals surface area contributed by atoms with Crippen LogP contribution in [-0.4, -0.2) is 39.7 Å². The predicted octanol–water partition coefficient (Wildman–Crippen LogP) is 3.40. The molecular weight excluding hydrogens is 316 g/mol. The van der Waals surface area contributed by atoms with E-state index in [0.717, 1.165) is 29.5 Å². The topological polar surface area (TPSA) is 36.4 Å². The van der Waals surface area contributed by atoms with E-state index in [1.165, 1.54) is 19.3 Å². The number of halogens is 1. The van der Waals surface area contributed by atoms with Crippen LogP contribution in [0.1, 0.15) is 45.1 Å². The fourth-order valence-corrected chi connectivity index (χ4v) is 3.50. The van der Waals surface area contributed by atoms with Crippen molar-refractivity contribution in [2.75, 3.05) is 13.1 Å². The Hall–Kier alpha value is -0.450. The molecule has 2 heterocycles. The lowest BCUT2D eigenvalue weighted by Crippen LogP contribution is -2.56. The van der Waals surface area contributed by atoms with E-state index >= 15 is 0 Å². The SMILES string of the molecule is CCC(C)(C(O)Cc1cncc(Br)c1)N1CCCCC1. The molecule has 2 atom stereocenters. The second-order valence-corrected chi connectivity index (χ2v) is 6.91. The van der Waals surface area contributed by atoms with Crippen molar-refractivity contribution in [3.05, 3.63) is 28.5 Å². The summed E-state index contributed by atoms with van der Waals surface area (Å²) >= 11 is 3.44. The number of piperidine rings is 1. The van der Waals surface area contributed by atoms with Gasteiger partial charge in [-0.25, -0.2) is 0 Å². The summed E-state index contributed by atoms with van der Waals surface area (Å²) in [5.74, 6) is 0. The Bertz CT molecular complexity index is 434. The first kappa shape index (κ1) is 15.9. The van der Waals surface area contributed by atoms with Crippen LogP contribution in [0.3, 0.4) is 0 Å². The number of nitrogens with zero attached hydrogens (tertiary/aromatic N) is 2. The minimum absolute atomic E-state index is 0.136. The van der Waals surface area contributed by atoms with Gasteiger partial charge in [0.1, 0.15) is 0 Å². The number of aliphatic hydroxyl groups excluding tert-OH is 1. The maximum absolute atomic E-state index is 10.8. The summed E-state index contributed by atoms with van der Waals surface area (Å²) in [6.07, 6.45) is 8.72. The van der Waals surface area contributed by atoms with Crippen LogP contribution in [-0.2, 0) is 6.42 Å². The van der Waals surface area contributed by atoms with Crippen molar-refractivity contribution in [3.63, 3.8) is 0 Å². The van der Waals surface area contributed by atoms with Crippen LogP contribution in [0, 0.1) is 0 Å². The molecule has 0 saturated carbocycles. The van der Waals surface area contributed by atoms with Gasteiger partial charge >= 0.3 is 0 Å². The average Bonchev–Trinajstić information content (AvgIpc) is 2.47. The van der Waals surface area contributed by atoms with Crippen LogP contribution < -0.4 is 0 Å². The molecule has 0 bridgehead atoms. The fraction of sp³-hybridized carbons (Fsp3) is 0.688. The highest BCUT2D eigenvalue weighted by Gasteiger charge is 2.37. The first-order valence-corrected chi connectivity index (χ1v) is 8.38. The van der Waals surface area contributed by atoms with E-state index in [0.29, 0.717) is 6.42 Å². The lowest BCUT2D eigenvalue weighted by atomic mass is 9.84. The van der Waals surface area contributed by atoms with E-state index in [4.69, 9.17) is 0 Å². The molecule has 1 N–H and O–H groups in total. The number of rotatable bonds is 5. The minimum Gasteiger partial charge on any atom is -0.391 e. The van der Waals surface area contributed by atoms with Crippen LogP contribution >= 0.6 is 15.9 Å². The van der Waals surface area contributed by atoms with Gasteiger partial charge in [0.25, 0.3) is 0 Å². The number of hydrogen-bond acceptors (Lipinski definition) is 3. The summed E-state index contributed by atoms with van der Waals surface area (Å²) in [6.45, 7) is 6.60. The van der Waals surface area contributed by atoms with Crippen LogP contribution in [0.4, 0.5) is 0 Å². The Balaban J connectivity index is 2.09. The third-order valence-electron chi connectivity index (χ3n) is 4.70. The fourth-order valence-electron chi connectivity index (χ4n) is 3.09. The van der Waals surface area contributed by atoms with Crippen molar-refractivity contribution in [2.24, 2.45) is 0 Å². The first-order chi connectivity index (χ1) is 9.56. The number of pyridine rings is 1. The molecule has 0 radical (unpaired) electrons. The van der Waals surface area contributed by atoms with E-state index < -0.39 is 0 Å². The van der Waals surface area contributed by atoms with E-state index in [1.807, 2.05) is 12.3 Å². The van der Waals surface area contributed by atoms with Crippen LogP contribution in [0.15, 0.2) is 22.9 Å². The summed E-state index contributed by atoms with van der Waals surface area (Å²) in [5.41, 5.74) is 0.950. The number of aliphatic hydroxyl groups is 1. The van der Waals surface area contributed by atoms with Gasteiger partial charge < -0.3 is 5.11 Å². The molecule has 0 aromatic carbocycles. The maximum Gasteiger partial charge on any atom is 0.0761 e. The molecule has 112 valence electrons. The molecule has 0 aliphatic carbocycles. The van der Waals surface area contributed by atoms with Crippen molar-refractivity contribution in [1.82, 2.24) is 9.88 Å². The van der Waals surface area contributed by atoms with E-state index in [9.17, 15) is 5.11 Å². The highest BCUT2D eigenvalue weighted by atomic mass is 79.9. The molecule has 1 saturated heterocycles. The molecule has 1 aliphatic rings. The summed E-state index contributed by atoms with van der Waals surface area (Å²) in [6, 6.07) is 2.04. The summed E-state index contributed by atoms with van der Waals surface area (Å²) in [5, 5.41) is 10.8. The Morgan fingerprint density at radius 3 is 2.65 bits per heavy atom. The number of hydrogen-bond donors (Lipinski definition) is 1. The average molecular weight is 341 g/mol. The minimum atomic E-state index is -0.360. The quantitative estimate of drug-likeness (QED) is 0.892. The largest absolute Gasteiger partial charge is 0.391 e. The molecule has 0 spiro atoms. The Morgan fingerprint density at radius 1 is 1.35 bits per heavy atom. The molecule has 20 heavy (non-hydrogen) atoms. The zero-order valence-electron chi connectivity index (χ0n) is 12.5. The number of likely N-dealkylation sites (tertiary alicyclic amines) is 1. The molecule has 2 unspecified atom stereocenters. The molecule has 1 aromatic heterocycles. The van der Waals surface area contributed by atoms with Crippen molar-refractivity contribution in [3.8, 4) is 0 Å². The second kappa shape index (κ2) is 7.01. The molecule has 1 aliphatic heterocycles. The molecule has 4 heteroatoms. The highest BCUT2D eigenvalue weighted by molar-refractivity contribution is 9.10. The van der Waals surface area contributed by atoms with Crippen LogP contribution in [0.5, 0.6) is 0 Å². The van der Waals surface area contributed by atoms with E-state index in [1.54, 1.807) is 6.20 Å². The molecular formula is C16H25BrN2O. The van der Waals surface area contributed by atoms with Crippen LogP contribution in [0.25, 0.3) is 0 Å². The summed E-state index contributed by atoms with van der Waals surface area (Å²) < 4.78 is 0.971. The normalized spacial score (nSPS) is 21.4. The molecule has 1 fully saturated rings. The Labute approximate surface area is 130 Å². The zero-order chi connectivity index (χ0) is 14.6. The third kappa shape index (κ3) is 3.60. The lowest BCUT2D eigenvalue weighted by molar-refractivity contribution is -0.0328. The summed E-state index contributed by atoms with van der Waals surface area (Å²) in [4.78, 5) is 6.66. The van der Waals surface area contributed by atoms with Gasteiger partial charge in [-0.1, -0.05) is 13.3 Å². The van der Waals surface area contributed by atoms with Crippen molar-refractivity contribution >= 4 is 15.9 Å². The van der Waals surface area contributed by atoms with E-state index in [-0.39, 0.29) is 11.6 Å². The monoisotopic (exact) mass is 340 g/mol. The van der Waals surface area contributed by atoms with Gasteiger partial charge in [-0.2, -0.15) is 0 Å². The number of aromatic nitrogens is 1. The van der Waals surface area contributed by atoms with E-state index in [2.05, 4.69) is 39.7 Å². The maximum atomic E-state index is 10.8. The van der Waals surface area contributed by atoms with Crippen molar-refractivity contribution < 1.29 is 5.11 Å². The third-order valence-corrected chi connectivity index (χ3v) is 5.14. The van der Waals surface area contributed by atoms with Gasteiger partial charge in [-0.15, -0.1) is 0 Å². The summed E-state index contributed by atoms with van der Waals surface area (Å²) in [7, 11) is 0. The molecule has 1 aromatic rings. The lowest BCUT2D eigenvalue weighted by Gasteiger charge is -2.46. The van der Waals surface area contributed by atoms with Crippen LogP contribution in [0.2, 0.25) is 0 Å². The molecule has 0 amide bonds. The van der Waals surface area contributed by atoms with Gasteiger partial charge in [0.05, 0.1) is 6.10 Å².